The van der Waals surface area contributed by atoms with Gasteiger partial charge in [0.2, 0.25) is 0 Å². The number of nitrogens with one attached hydrogen (secondary N) is 1. The highest BCUT2D eigenvalue weighted by atomic mass is 35.5. The Morgan fingerprint density at radius 2 is 1.72 bits per heavy atom. The molecular weight excluding hydrogens is 543 g/mol. The zero-order valence-electron chi connectivity index (χ0n) is 20.0. The molecule has 200 valence electrons. The fraction of sp³-hybridized carbons (Fsp3) is 0.435. The van der Waals surface area contributed by atoms with Gasteiger partial charge in [0.25, 0.3) is 0 Å². The number of halogens is 4. The second-order valence-corrected chi connectivity index (χ2v) is 12.3. The lowest BCUT2D eigenvalue weighted by atomic mass is 9.94. The Balaban J connectivity index is 2.07. The summed E-state index contributed by atoms with van der Waals surface area (Å²) >= 11 is 7.56. The fourth-order valence-corrected chi connectivity index (χ4v) is 4.53. The fourth-order valence-electron chi connectivity index (χ4n) is 2.84. The molecule has 36 heavy (non-hydrogen) atoms. The van der Waals surface area contributed by atoms with E-state index >= 15 is 0 Å². The number of amides is 1. The summed E-state index contributed by atoms with van der Waals surface area (Å²) in [6, 6.07) is 10.4. The third-order valence-corrected chi connectivity index (χ3v) is 6.96. The lowest BCUT2D eigenvalue weighted by Crippen LogP contribution is -2.50. The van der Waals surface area contributed by atoms with E-state index in [-0.39, 0.29) is 6.61 Å². The van der Waals surface area contributed by atoms with E-state index in [1.165, 1.54) is 12.1 Å². The molecule has 0 saturated carbocycles. The number of hydrogen-bond donors (Lipinski definition) is 2. The number of carbonyl (C=O) groups excluding carboxylic acids is 1. The van der Waals surface area contributed by atoms with Crippen LogP contribution in [0.2, 0.25) is 5.02 Å². The second kappa shape index (κ2) is 11.5. The Morgan fingerprint density at radius 1 is 1.08 bits per heavy atom. The molecule has 0 aliphatic rings. The molecule has 0 aromatic heterocycles. The molecule has 2 N–H and O–H groups in total. The maximum atomic E-state index is 12.6. The van der Waals surface area contributed by atoms with E-state index in [4.69, 9.17) is 16.3 Å². The van der Waals surface area contributed by atoms with Crippen LogP contribution in [0.25, 0.3) is 0 Å². The van der Waals surface area contributed by atoms with Gasteiger partial charge in [0.1, 0.15) is 11.4 Å². The number of carbonyl (C=O) groups is 1. The summed E-state index contributed by atoms with van der Waals surface area (Å²) in [6.45, 7) is 6.56. The number of rotatable bonds is 9. The Morgan fingerprint density at radius 3 is 2.28 bits per heavy atom. The highest BCUT2D eigenvalue weighted by molar-refractivity contribution is 7.99. The van der Waals surface area contributed by atoms with Crippen molar-refractivity contribution in [3.05, 3.63) is 53.1 Å². The van der Waals surface area contributed by atoms with Crippen LogP contribution in [0.4, 0.5) is 18.0 Å². The number of ether oxygens (including phenoxy) is 1. The Labute approximate surface area is 217 Å². The third-order valence-electron chi connectivity index (χ3n) is 4.65. The van der Waals surface area contributed by atoms with E-state index in [0.29, 0.717) is 27.7 Å². The normalized spacial score (nSPS) is 14.1. The first kappa shape index (κ1) is 30.1. The van der Waals surface area contributed by atoms with Gasteiger partial charge in [-0.05, 0) is 76.4 Å². The number of aliphatic hydroxyl groups excluding tert-OH is 1. The minimum atomic E-state index is -5.77. The molecule has 2 aromatic carbocycles. The Bertz CT molecular complexity index is 1190. The first-order valence-electron chi connectivity index (χ1n) is 10.6. The summed E-state index contributed by atoms with van der Waals surface area (Å²) in [5.74, 6) is -0.471. The van der Waals surface area contributed by atoms with E-state index in [0.717, 1.165) is 23.4 Å². The lowest BCUT2D eigenvalue weighted by Gasteiger charge is -2.30. The molecule has 0 bridgehead atoms. The van der Waals surface area contributed by atoms with E-state index in [1.54, 1.807) is 52.0 Å². The van der Waals surface area contributed by atoms with Gasteiger partial charge < -0.3 is 19.3 Å². The number of hydrogen-bond acceptors (Lipinski definition) is 7. The van der Waals surface area contributed by atoms with Crippen molar-refractivity contribution in [3.8, 4) is 5.75 Å². The Hall–Kier alpha value is -2.15. The van der Waals surface area contributed by atoms with Gasteiger partial charge in [-0.15, -0.1) is 0 Å². The highest BCUT2D eigenvalue weighted by Crippen LogP contribution is 2.34. The molecule has 7 nitrogen and oxygen atoms in total. The molecule has 1 atom stereocenters. The van der Waals surface area contributed by atoms with Crippen molar-refractivity contribution in [1.29, 1.82) is 0 Å². The number of alkyl halides is 3. The number of aryl methyl sites for hydroxylation is 1. The minimum Gasteiger partial charge on any atom is -0.444 e. The number of aliphatic hydroxyl groups is 1. The molecule has 0 unspecified atom stereocenters. The zero-order valence-corrected chi connectivity index (χ0v) is 22.4. The lowest BCUT2D eigenvalue weighted by molar-refractivity contribution is -0.0500. The van der Waals surface area contributed by atoms with E-state index in [2.05, 4.69) is 9.50 Å². The topological polar surface area (TPSA) is 102 Å². The van der Waals surface area contributed by atoms with Crippen LogP contribution in [0.1, 0.15) is 39.7 Å². The minimum absolute atomic E-state index is 0.319. The van der Waals surface area contributed by atoms with Crippen molar-refractivity contribution in [2.75, 3.05) is 6.61 Å². The van der Waals surface area contributed by atoms with Crippen molar-refractivity contribution in [2.45, 2.75) is 67.0 Å². The van der Waals surface area contributed by atoms with E-state index < -0.39 is 38.6 Å². The van der Waals surface area contributed by atoms with Crippen LogP contribution in [0, 0.1) is 0 Å². The van der Waals surface area contributed by atoms with Gasteiger partial charge in [-0.2, -0.15) is 21.6 Å². The Kier molecular flexibility index (Phi) is 9.60. The van der Waals surface area contributed by atoms with Crippen LogP contribution in [-0.2, 0) is 21.3 Å². The summed E-state index contributed by atoms with van der Waals surface area (Å²) in [4.78, 5) is 13.2. The maximum Gasteiger partial charge on any atom is 0.534 e. The van der Waals surface area contributed by atoms with Crippen LogP contribution in [0.3, 0.4) is 0 Å². The van der Waals surface area contributed by atoms with E-state index in [9.17, 15) is 31.5 Å². The number of alkyl carbamates (subject to hydrolysis) is 1. The van der Waals surface area contributed by atoms with Gasteiger partial charge in [-0.3, -0.25) is 0 Å². The predicted molar refractivity (Wildman–Crippen MR) is 131 cm³/mol. The average molecular weight is 570 g/mol. The second-order valence-electron chi connectivity index (χ2n) is 9.16. The average Bonchev–Trinajstić information content (AvgIpc) is 2.71. The molecule has 2 rings (SSSR count). The van der Waals surface area contributed by atoms with Gasteiger partial charge in [0.15, 0.2) is 0 Å². The molecule has 2 aromatic rings. The van der Waals surface area contributed by atoms with Crippen LogP contribution in [-0.4, -0.2) is 42.9 Å². The SMILES string of the molecule is CC(C)(C)OC(=O)N[C@](C)(CO)CCc1ccc(Sc2cccc(OS(=O)(=O)C(F)(F)F)c2)cc1Cl. The zero-order chi connectivity index (χ0) is 27.4. The molecule has 0 aliphatic carbocycles. The summed E-state index contributed by atoms with van der Waals surface area (Å²) in [5, 5.41) is 12.9. The van der Waals surface area contributed by atoms with E-state index in [1.807, 2.05) is 0 Å². The van der Waals surface area contributed by atoms with Crippen molar-refractivity contribution in [2.24, 2.45) is 0 Å². The van der Waals surface area contributed by atoms with Gasteiger partial charge >= 0.3 is 21.7 Å². The molecule has 0 radical (unpaired) electrons. The monoisotopic (exact) mass is 569 g/mol. The first-order valence-corrected chi connectivity index (χ1v) is 13.2. The smallest absolute Gasteiger partial charge is 0.444 e. The molecular formula is C23H27ClF3NO6S2. The highest BCUT2D eigenvalue weighted by Gasteiger charge is 2.48. The largest absolute Gasteiger partial charge is 0.534 e. The summed E-state index contributed by atoms with van der Waals surface area (Å²) in [6.07, 6.45) is 0.142. The molecule has 0 aliphatic heterocycles. The van der Waals surface area contributed by atoms with Crippen molar-refractivity contribution < 1.29 is 40.4 Å². The van der Waals surface area contributed by atoms with Crippen LogP contribution in [0.15, 0.2) is 52.3 Å². The van der Waals surface area contributed by atoms with Gasteiger partial charge in [0, 0.05) is 14.8 Å². The van der Waals surface area contributed by atoms with Gasteiger partial charge in [0.05, 0.1) is 12.1 Å². The van der Waals surface area contributed by atoms with Crippen molar-refractivity contribution in [3.63, 3.8) is 0 Å². The molecule has 0 fully saturated rings. The molecule has 0 saturated heterocycles. The first-order chi connectivity index (χ1) is 16.4. The molecule has 13 heteroatoms. The van der Waals surface area contributed by atoms with Gasteiger partial charge in [-0.25, -0.2) is 4.79 Å². The molecule has 1 amide bonds. The maximum absolute atomic E-state index is 12.6. The molecule has 0 spiro atoms. The van der Waals surface area contributed by atoms with Crippen molar-refractivity contribution >= 4 is 39.6 Å². The third kappa shape index (κ3) is 9.06. The predicted octanol–water partition coefficient (Wildman–Crippen LogP) is 5.93. The summed E-state index contributed by atoms with van der Waals surface area (Å²) in [5.41, 5.74) is -6.42. The van der Waals surface area contributed by atoms with Crippen LogP contribution in [0.5, 0.6) is 5.75 Å². The van der Waals surface area contributed by atoms with Gasteiger partial charge in [-0.1, -0.05) is 35.5 Å². The summed E-state index contributed by atoms with van der Waals surface area (Å²) < 4.78 is 69.6. The van der Waals surface area contributed by atoms with Crippen LogP contribution < -0.4 is 9.50 Å². The molecule has 0 heterocycles. The standard InChI is InChI=1S/C23H27ClF3NO6S2/c1-21(2,3)33-20(30)28-22(4,14-29)11-10-15-8-9-18(13-19(15)24)35-17-7-5-6-16(12-17)34-36(31,32)23(25,26)27/h5-9,12-13,29H,10-11,14H2,1-4H3,(H,28,30)/t22-/m0/s1. The quantitative estimate of drug-likeness (QED) is 0.285. The number of benzene rings is 2. The summed E-state index contributed by atoms with van der Waals surface area (Å²) in [7, 11) is -5.77. The van der Waals surface area contributed by atoms with Crippen molar-refractivity contribution in [1.82, 2.24) is 5.32 Å². The van der Waals surface area contributed by atoms with Crippen LogP contribution >= 0.6 is 23.4 Å².